The molecule has 0 radical (unpaired) electrons. The summed E-state index contributed by atoms with van der Waals surface area (Å²) in [4.78, 5) is 29.8. The molecule has 3 heterocycles. The number of amides is 2. The van der Waals surface area contributed by atoms with Gasteiger partial charge in [0.1, 0.15) is 12.1 Å². The molecule has 4 atom stereocenters. The monoisotopic (exact) mass is 626 g/mol. The number of anilines is 2. The van der Waals surface area contributed by atoms with Crippen LogP contribution in [0.1, 0.15) is 48.8 Å². The van der Waals surface area contributed by atoms with Crippen molar-refractivity contribution in [1.29, 1.82) is 0 Å². The van der Waals surface area contributed by atoms with Gasteiger partial charge in [-0.2, -0.15) is 0 Å². The largest absolute Gasteiger partial charge is 0.445 e. The Hall–Kier alpha value is -4.22. The Morgan fingerprint density at radius 3 is 2.41 bits per heavy atom. The molecule has 3 N–H and O–H groups in total. The van der Waals surface area contributed by atoms with Crippen LogP contribution in [0.15, 0.2) is 91.5 Å². The summed E-state index contributed by atoms with van der Waals surface area (Å²) in [5, 5.41) is 15.4. The molecule has 10 heteroatoms. The third-order valence-corrected chi connectivity index (χ3v) is 9.41. The SMILES string of the molecule is C=CCOC(=O)Nc1ccc([C@H]2O[C@@H](CN3CCC4(CC3)C(=O)NCN4c3ccccc3)[C@@H](C)[C@@H](c3ccc(CO)cc3)O2)cc1. The number of carbonyl (C=O) groups excluding carboxylic acids is 2. The van der Waals surface area contributed by atoms with Gasteiger partial charge in [0, 0.05) is 42.5 Å². The van der Waals surface area contributed by atoms with Gasteiger partial charge in [-0.3, -0.25) is 10.1 Å². The van der Waals surface area contributed by atoms with Crippen LogP contribution in [0.5, 0.6) is 0 Å². The van der Waals surface area contributed by atoms with E-state index in [9.17, 15) is 14.7 Å². The summed E-state index contributed by atoms with van der Waals surface area (Å²) in [6.45, 7) is 8.58. The Morgan fingerprint density at radius 1 is 1.04 bits per heavy atom. The molecule has 0 aromatic heterocycles. The highest BCUT2D eigenvalue weighted by molar-refractivity contribution is 5.93. The summed E-state index contributed by atoms with van der Waals surface area (Å²) < 4.78 is 18.3. The van der Waals surface area contributed by atoms with E-state index < -0.39 is 17.9 Å². The van der Waals surface area contributed by atoms with Crippen molar-refractivity contribution in [2.24, 2.45) is 5.92 Å². The molecule has 3 aromatic carbocycles. The van der Waals surface area contributed by atoms with Gasteiger partial charge < -0.3 is 34.4 Å². The Labute approximate surface area is 269 Å². The maximum Gasteiger partial charge on any atom is 0.411 e. The molecule has 0 aliphatic carbocycles. The van der Waals surface area contributed by atoms with Crippen LogP contribution in [0, 0.1) is 5.92 Å². The lowest BCUT2D eigenvalue weighted by Gasteiger charge is -2.46. The topological polar surface area (TPSA) is 113 Å². The first-order chi connectivity index (χ1) is 22.4. The van der Waals surface area contributed by atoms with E-state index in [1.807, 2.05) is 54.6 Å². The van der Waals surface area contributed by atoms with Crippen molar-refractivity contribution in [2.75, 3.05) is 43.1 Å². The number of aliphatic hydroxyl groups excluding tert-OH is 1. The fraction of sp³-hybridized carbons (Fsp3) is 0.389. The number of carbonyl (C=O) groups is 2. The number of rotatable bonds is 9. The number of nitrogens with one attached hydrogen (secondary N) is 2. The predicted molar refractivity (Wildman–Crippen MR) is 175 cm³/mol. The molecule has 242 valence electrons. The normalized spacial score (nSPS) is 24.4. The molecule has 6 rings (SSSR count). The van der Waals surface area contributed by atoms with Crippen LogP contribution in [-0.4, -0.2) is 66.6 Å². The average molecular weight is 627 g/mol. The van der Waals surface area contributed by atoms with Crippen LogP contribution in [0.3, 0.4) is 0 Å². The first-order valence-electron chi connectivity index (χ1n) is 15.9. The molecule has 1 spiro atoms. The van der Waals surface area contributed by atoms with Crippen LogP contribution >= 0.6 is 0 Å². The van der Waals surface area contributed by atoms with E-state index >= 15 is 0 Å². The van der Waals surface area contributed by atoms with Gasteiger partial charge in [-0.15, -0.1) is 0 Å². The van der Waals surface area contributed by atoms with E-state index in [0.717, 1.165) is 48.3 Å². The van der Waals surface area contributed by atoms with E-state index in [1.54, 1.807) is 12.1 Å². The first kappa shape index (κ1) is 31.7. The molecular formula is C36H42N4O6. The quantitative estimate of drug-likeness (QED) is 0.280. The molecule has 0 unspecified atom stereocenters. The predicted octanol–water partition coefficient (Wildman–Crippen LogP) is 5.13. The molecule has 0 bridgehead atoms. The van der Waals surface area contributed by atoms with Gasteiger partial charge in [0.25, 0.3) is 0 Å². The number of hydrogen-bond acceptors (Lipinski definition) is 8. The highest BCUT2D eigenvalue weighted by atomic mass is 16.7. The van der Waals surface area contributed by atoms with Crippen molar-refractivity contribution in [3.63, 3.8) is 0 Å². The van der Waals surface area contributed by atoms with Gasteiger partial charge >= 0.3 is 6.09 Å². The molecule has 3 saturated heterocycles. The smallest absolute Gasteiger partial charge is 0.411 e. The molecule has 3 aromatic rings. The van der Waals surface area contributed by atoms with E-state index in [0.29, 0.717) is 18.9 Å². The third-order valence-electron chi connectivity index (χ3n) is 9.41. The van der Waals surface area contributed by atoms with E-state index in [1.165, 1.54) is 6.08 Å². The summed E-state index contributed by atoms with van der Waals surface area (Å²) in [6.07, 6.45) is 1.39. The molecular weight excluding hydrogens is 584 g/mol. The molecule has 10 nitrogen and oxygen atoms in total. The van der Waals surface area contributed by atoms with E-state index in [2.05, 4.69) is 46.1 Å². The van der Waals surface area contributed by atoms with E-state index in [-0.39, 0.29) is 37.2 Å². The summed E-state index contributed by atoms with van der Waals surface area (Å²) in [5.74, 6) is 0.133. The van der Waals surface area contributed by atoms with Crippen LogP contribution in [0.25, 0.3) is 0 Å². The summed E-state index contributed by atoms with van der Waals surface area (Å²) in [7, 11) is 0. The van der Waals surface area contributed by atoms with Crippen LogP contribution in [-0.2, 0) is 25.6 Å². The van der Waals surface area contributed by atoms with Crippen LogP contribution < -0.4 is 15.5 Å². The third kappa shape index (κ3) is 6.66. The lowest BCUT2D eigenvalue weighted by atomic mass is 9.84. The van der Waals surface area contributed by atoms with Gasteiger partial charge in [-0.05, 0) is 48.2 Å². The molecule has 46 heavy (non-hydrogen) atoms. The maximum atomic E-state index is 13.2. The zero-order valence-corrected chi connectivity index (χ0v) is 26.1. The highest BCUT2D eigenvalue weighted by Gasteiger charge is 2.51. The van der Waals surface area contributed by atoms with Crippen molar-refractivity contribution in [1.82, 2.24) is 10.2 Å². The van der Waals surface area contributed by atoms with Gasteiger partial charge in [0.2, 0.25) is 5.91 Å². The molecule has 0 saturated carbocycles. The van der Waals surface area contributed by atoms with Crippen molar-refractivity contribution >= 4 is 23.4 Å². The van der Waals surface area contributed by atoms with Crippen LogP contribution in [0.4, 0.5) is 16.2 Å². The zero-order valence-electron chi connectivity index (χ0n) is 26.1. The minimum atomic E-state index is -0.629. The number of para-hydroxylation sites is 1. The second-order valence-electron chi connectivity index (χ2n) is 12.2. The van der Waals surface area contributed by atoms with Crippen molar-refractivity contribution in [3.05, 3.63) is 108 Å². The second-order valence-corrected chi connectivity index (χ2v) is 12.2. The molecule has 2 amide bonds. The van der Waals surface area contributed by atoms with Gasteiger partial charge in [-0.25, -0.2) is 4.79 Å². The maximum absolute atomic E-state index is 13.2. The number of ether oxygens (including phenoxy) is 3. The minimum absolute atomic E-state index is 0.0204. The van der Waals surface area contributed by atoms with Crippen molar-refractivity contribution < 1.29 is 28.9 Å². The molecule has 3 aliphatic rings. The number of nitrogens with zero attached hydrogens (tertiary/aromatic N) is 2. The van der Waals surface area contributed by atoms with Gasteiger partial charge in [0.15, 0.2) is 6.29 Å². The first-order valence-corrected chi connectivity index (χ1v) is 15.9. The number of aliphatic hydroxyl groups is 1. The Morgan fingerprint density at radius 2 is 1.74 bits per heavy atom. The highest BCUT2D eigenvalue weighted by Crippen LogP contribution is 2.43. The fourth-order valence-electron chi connectivity index (χ4n) is 6.73. The number of piperidine rings is 1. The standard InChI is InChI=1S/C36H42N4O6/c1-3-21-44-35(43)38-29-15-13-28(14-16-29)33-45-31(25(2)32(46-33)27-11-9-26(23-41)10-12-27)22-39-19-17-36(18-20-39)34(42)37-24-40(36)30-7-5-4-6-8-30/h3-16,25,31-33,41H,1,17-24H2,2H3,(H,37,42)(H,38,43)/t25-,31+,32+,33+/m1/s1. The van der Waals surface area contributed by atoms with Crippen LogP contribution in [0.2, 0.25) is 0 Å². The van der Waals surface area contributed by atoms with Gasteiger partial charge in [0.05, 0.1) is 25.5 Å². The second kappa shape index (κ2) is 14.0. The fourth-order valence-corrected chi connectivity index (χ4v) is 6.73. The molecule has 3 fully saturated rings. The van der Waals surface area contributed by atoms with Crippen molar-refractivity contribution in [2.45, 2.75) is 50.4 Å². The Bertz CT molecular complexity index is 1490. The van der Waals surface area contributed by atoms with E-state index in [4.69, 9.17) is 14.2 Å². The summed E-state index contributed by atoms with van der Waals surface area (Å²) >= 11 is 0. The van der Waals surface area contributed by atoms with Gasteiger partial charge in [-0.1, -0.05) is 74.2 Å². The lowest BCUT2D eigenvalue weighted by Crippen LogP contribution is -2.57. The lowest BCUT2D eigenvalue weighted by molar-refractivity contribution is -0.276. The average Bonchev–Trinajstić information content (AvgIpc) is 3.41. The zero-order chi connectivity index (χ0) is 32.1. The van der Waals surface area contributed by atoms with Crippen molar-refractivity contribution in [3.8, 4) is 0 Å². The summed E-state index contributed by atoms with van der Waals surface area (Å²) in [5.41, 5.74) is 3.80. The minimum Gasteiger partial charge on any atom is -0.445 e. The Balaban J connectivity index is 1.18. The molecule has 3 aliphatic heterocycles. The summed E-state index contributed by atoms with van der Waals surface area (Å²) in [6, 6.07) is 25.4. The number of hydrogen-bond donors (Lipinski definition) is 3. The number of likely N-dealkylation sites (tertiary alicyclic amines) is 1. The Kier molecular flexibility index (Phi) is 9.70. The number of benzene rings is 3.